The lowest BCUT2D eigenvalue weighted by Gasteiger charge is -2.26. The monoisotopic (exact) mass is 347 g/mol. The van der Waals surface area contributed by atoms with Crippen LogP contribution < -0.4 is 10.9 Å². The first-order valence-corrected chi connectivity index (χ1v) is 8.95. The Morgan fingerprint density at radius 3 is 2.96 bits per heavy atom. The molecule has 0 saturated carbocycles. The molecule has 5 heteroatoms. The summed E-state index contributed by atoms with van der Waals surface area (Å²) in [5, 5.41) is 3.63. The summed E-state index contributed by atoms with van der Waals surface area (Å²) >= 11 is 0. The molecular weight excluding hydrogens is 326 g/mol. The molecule has 1 aromatic heterocycles. The second-order valence-corrected chi connectivity index (χ2v) is 6.86. The van der Waals surface area contributed by atoms with Crippen molar-refractivity contribution in [1.82, 2.24) is 14.9 Å². The van der Waals surface area contributed by atoms with E-state index in [0.717, 1.165) is 24.8 Å². The van der Waals surface area contributed by atoms with Crippen molar-refractivity contribution >= 4 is 16.8 Å². The molecule has 1 atom stereocenters. The minimum Gasteiger partial charge on any atom is -0.348 e. The van der Waals surface area contributed by atoms with Crippen molar-refractivity contribution in [2.24, 2.45) is 0 Å². The van der Waals surface area contributed by atoms with Crippen molar-refractivity contribution in [2.45, 2.75) is 38.8 Å². The van der Waals surface area contributed by atoms with Gasteiger partial charge in [0.1, 0.15) is 6.54 Å². The summed E-state index contributed by atoms with van der Waals surface area (Å²) in [7, 11) is 0. The number of carbonyl (C=O) groups is 1. The van der Waals surface area contributed by atoms with Crippen LogP contribution in [0.5, 0.6) is 0 Å². The lowest BCUT2D eigenvalue weighted by molar-refractivity contribution is -0.122. The van der Waals surface area contributed by atoms with Crippen LogP contribution in [-0.4, -0.2) is 15.5 Å². The van der Waals surface area contributed by atoms with E-state index in [1.54, 1.807) is 6.07 Å². The summed E-state index contributed by atoms with van der Waals surface area (Å²) in [6.07, 6.45) is 4.49. The lowest BCUT2D eigenvalue weighted by atomic mass is 9.88. The molecule has 4 rings (SSSR count). The van der Waals surface area contributed by atoms with Gasteiger partial charge in [0, 0.05) is 0 Å². The average Bonchev–Trinajstić information content (AvgIpc) is 2.65. The molecule has 1 N–H and O–H groups in total. The molecule has 0 bridgehead atoms. The van der Waals surface area contributed by atoms with Gasteiger partial charge in [-0.3, -0.25) is 14.2 Å². The Balaban J connectivity index is 1.55. The van der Waals surface area contributed by atoms with Gasteiger partial charge in [-0.2, -0.15) is 0 Å². The highest BCUT2D eigenvalue weighted by molar-refractivity contribution is 5.81. The molecule has 132 valence electrons. The van der Waals surface area contributed by atoms with Crippen LogP contribution in [0.2, 0.25) is 0 Å². The first-order valence-electron chi connectivity index (χ1n) is 8.95. The van der Waals surface area contributed by atoms with Crippen LogP contribution in [0.4, 0.5) is 0 Å². The molecule has 1 unspecified atom stereocenters. The highest BCUT2D eigenvalue weighted by Gasteiger charge is 2.21. The van der Waals surface area contributed by atoms with Crippen LogP contribution in [0.1, 0.15) is 35.6 Å². The molecule has 0 spiro atoms. The van der Waals surface area contributed by atoms with E-state index in [1.165, 1.54) is 22.0 Å². The zero-order chi connectivity index (χ0) is 18.1. The van der Waals surface area contributed by atoms with Crippen LogP contribution in [-0.2, 0) is 17.8 Å². The maximum Gasteiger partial charge on any atom is 0.261 e. The molecule has 5 nitrogen and oxygen atoms in total. The summed E-state index contributed by atoms with van der Waals surface area (Å²) in [4.78, 5) is 29.6. The average molecular weight is 347 g/mol. The van der Waals surface area contributed by atoms with E-state index in [9.17, 15) is 9.59 Å². The molecule has 1 amide bonds. The van der Waals surface area contributed by atoms with Gasteiger partial charge < -0.3 is 5.32 Å². The molecule has 3 aromatic rings. The highest BCUT2D eigenvalue weighted by atomic mass is 16.2. The van der Waals surface area contributed by atoms with E-state index in [4.69, 9.17) is 0 Å². The molecule has 1 heterocycles. The zero-order valence-corrected chi connectivity index (χ0v) is 14.7. The number of hydrogen-bond donors (Lipinski definition) is 1. The fraction of sp³-hybridized carbons (Fsp3) is 0.286. The second-order valence-electron chi connectivity index (χ2n) is 6.86. The van der Waals surface area contributed by atoms with Crippen LogP contribution in [0, 0.1) is 6.92 Å². The molecule has 26 heavy (non-hydrogen) atoms. The van der Waals surface area contributed by atoms with E-state index in [-0.39, 0.29) is 24.1 Å². The molecule has 1 aliphatic rings. The van der Waals surface area contributed by atoms with Crippen molar-refractivity contribution in [1.29, 1.82) is 0 Å². The number of para-hydroxylation sites is 1. The normalized spacial score (nSPS) is 16.3. The Kier molecular flexibility index (Phi) is 4.29. The van der Waals surface area contributed by atoms with Gasteiger partial charge in [-0.25, -0.2) is 4.98 Å². The summed E-state index contributed by atoms with van der Waals surface area (Å²) in [6.45, 7) is 1.90. The van der Waals surface area contributed by atoms with Crippen LogP contribution in [0.15, 0.2) is 53.6 Å². The van der Waals surface area contributed by atoms with Gasteiger partial charge in [0.2, 0.25) is 5.91 Å². The van der Waals surface area contributed by atoms with E-state index in [2.05, 4.69) is 22.4 Å². The van der Waals surface area contributed by atoms with Crippen molar-refractivity contribution in [3.05, 3.63) is 75.8 Å². The second kappa shape index (κ2) is 6.75. The summed E-state index contributed by atoms with van der Waals surface area (Å²) in [5.41, 5.74) is 3.94. The van der Waals surface area contributed by atoms with E-state index in [0.29, 0.717) is 10.9 Å². The van der Waals surface area contributed by atoms with Gasteiger partial charge in [-0.15, -0.1) is 0 Å². The third kappa shape index (κ3) is 3.01. The smallest absolute Gasteiger partial charge is 0.261 e. The Hall–Kier alpha value is -2.95. The number of hydrogen-bond acceptors (Lipinski definition) is 3. The van der Waals surface area contributed by atoms with Gasteiger partial charge in [-0.1, -0.05) is 36.4 Å². The zero-order valence-electron chi connectivity index (χ0n) is 14.7. The van der Waals surface area contributed by atoms with Crippen molar-refractivity contribution < 1.29 is 4.79 Å². The van der Waals surface area contributed by atoms with E-state index >= 15 is 0 Å². The summed E-state index contributed by atoms with van der Waals surface area (Å²) in [5.74, 6) is -0.164. The molecule has 2 aromatic carbocycles. The Labute approximate surface area is 151 Å². The largest absolute Gasteiger partial charge is 0.348 e. The first kappa shape index (κ1) is 16.5. The number of fused-ring (bicyclic) bond motifs is 2. The quantitative estimate of drug-likeness (QED) is 0.792. The predicted octanol–water partition coefficient (Wildman–Crippen LogP) is 2.90. The number of nitrogens with zero attached hydrogens (tertiary/aromatic N) is 2. The molecular formula is C21H21N3O2. The third-order valence-corrected chi connectivity index (χ3v) is 5.07. The molecule has 1 aliphatic carbocycles. The lowest BCUT2D eigenvalue weighted by Crippen LogP contribution is -2.36. The SMILES string of the molecule is Cc1cccc2c(=O)n(CC(=O)NC3CCCc4ccccc43)cnc12. The molecule has 0 saturated heterocycles. The number of nitrogens with one attached hydrogen (secondary N) is 1. The number of rotatable bonds is 3. The third-order valence-electron chi connectivity index (χ3n) is 5.07. The standard InChI is InChI=1S/C21H21N3O2/c1-14-6-4-10-17-20(14)22-13-24(21(17)26)12-19(25)23-18-11-5-8-15-7-2-3-9-16(15)18/h2-4,6-7,9-10,13,18H,5,8,11-12H2,1H3,(H,23,25). The minimum atomic E-state index is -0.183. The summed E-state index contributed by atoms with van der Waals surface area (Å²) < 4.78 is 1.38. The summed E-state index contributed by atoms with van der Waals surface area (Å²) in [6, 6.07) is 13.8. The number of aryl methyl sites for hydroxylation is 2. The molecule has 0 radical (unpaired) electrons. The van der Waals surface area contributed by atoms with Gasteiger partial charge in [0.05, 0.1) is 23.3 Å². The fourth-order valence-corrected chi connectivity index (χ4v) is 3.75. The van der Waals surface area contributed by atoms with Crippen molar-refractivity contribution in [3.8, 4) is 0 Å². The minimum absolute atomic E-state index is 0.0128. The fourth-order valence-electron chi connectivity index (χ4n) is 3.75. The van der Waals surface area contributed by atoms with E-state index in [1.807, 2.05) is 31.2 Å². The first-order chi connectivity index (χ1) is 12.6. The molecule has 0 aliphatic heterocycles. The maximum atomic E-state index is 12.6. The number of aromatic nitrogens is 2. The number of benzene rings is 2. The van der Waals surface area contributed by atoms with Crippen molar-refractivity contribution in [3.63, 3.8) is 0 Å². The Morgan fingerprint density at radius 2 is 2.08 bits per heavy atom. The van der Waals surface area contributed by atoms with Crippen molar-refractivity contribution in [2.75, 3.05) is 0 Å². The van der Waals surface area contributed by atoms with E-state index < -0.39 is 0 Å². The van der Waals surface area contributed by atoms with Gasteiger partial charge in [-0.05, 0) is 48.9 Å². The highest BCUT2D eigenvalue weighted by Crippen LogP contribution is 2.29. The van der Waals surface area contributed by atoms with Crippen LogP contribution >= 0.6 is 0 Å². The van der Waals surface area contributed by atoms with Crippen LogP contribution in [0.3, 0.4) is 0 Å². The molecule has 0 fully saturated rings. The van der Waals surface area contributed by atoms with Gasteiger partial charge in [0.15, 0.2) is 0 Å². The maximum absolute atomic E-state index is 12.6. The number of amides is 1. The van der Waals surface area contributed by atoms with Gasteiger partial charge >= 0.3 is 0 Å². The predicted molar refractivity (Wildman–Crippen MR) is 101 cm³/mol. The number of carbonyl (C=O) groups excluding carboxylic acids is 1. The topological polar surface area (TPSA) is 64.0 Å². The van der Waals surface area contributed by atoms with Crippen LogP contribution in [0.25, 0.3) is 10.9 Å². The Bertz CT molecular complexity index is 1040. The Morgan fingerprint density at radius 1 is 1.23 bits per heavy atom. The van der Waals surface area contributed by atoms with Gasteiger partial charge in [0.25, 0.3) is 5.56 Å².